The number of fused-ring (bicyclic) bond motifs is 1. The van der Waals surface area contributed by atoms with Gasteiger partial charge in [-0.15, -0.1) is 0 Å². The molecule has 0 aliphatic rings. The molecule has 16 heavy (non-hydrogen) atoms. The number of rotatable bonds is 2. The van der Waals surface area contributed by atoms with Gasteiger partial charge in [0.05, 0.1) is 6.61 Å². The molecule has 1 N–H and O–H groups in total. The van der Waals surface area contributed by atoms with E-state index >= 15 is 0 Å². The fourth-order valence-electron chi connectivity index (χ4n) is 1.21. The Balaban J connectivity index is 2.23. The molecule has 1 heterocycles. The van der Waals surface area contributed by atoms with Gasteiger partial charge in [0, 0.05) is 5.02 Å². The van der Waals surface area contributed by atoms with E-state index in [1.807, 2.05) is 0 Å². The van der Waals surface area contributed by atoms with E-state index < -0.39 is 6.09 Å². The lowest BCUT2D eigenvalue weighted by Crippen LogP contribution is -2.13. The monoisotopic (exact) mass is 240 g/mol. The summed E-state index contributed by atoms with van der Waals surface area (Å²) in [6, 6.07) is 5.11. The lowest BCUT2D eigenvalue weighted by Gasteiger charge is -1.98. The van der Waals surface area contributed by atoms with Gasteiger partial charge in [-0.1, -0.05) is 11.6 Å². The van der Waals surface area contributed by atoms with Gasteiger partial charge in [0.2, 0.25) is 0 Å². The average molecular weight is 241 g/mol. The molecule has 0 radical (unpaired) electrons. The fourth-order valence-corrected chi connectivity index (χ4v) is 1.37. The molecule has 0 fully saturated rings. The lowest BCUT2D eigenvalue weighted by molar-refractivity contribution is 0.167. The van der Waals surface area contributed by atoms with Gasteiger partial charge < -0.3 is 9.15 Å². The zero-order valence-electron chi connectivity index (χ0n) is 8.49. The van der Waals surface area contributed by atoms with Crippen molar-refractivity contribution in [2.45, 2.75) is 6.92 Å². The van der Waals surface area contributed by atoms with Crippen LogP contribution in [0, 0.1) is 0 Å². The van der Waals surface area contributed by atoms with E-state index in [4.69, 9.17) is 16.0 Å². The maximum atomic E-state index is 11.1. The first-order chi connectivity index (χ1) is 7.69. The second kappa shape index (κ2) is 4.40. The Labute approximate surface area is 96.4 Å². The summed E-state index contributed by atoms with van der Waals surface area (Å²) in [6.07, 6.45) is -0.597. The molecule has 1 aromatic carbocycles. The summed E-state index contributed by atoms with van der Waals surface area (Å²) in [7, 11) is 0. The van der Waals surface area contributed by atoms with E-state index in [1.54, 1.807) is 25.1 Å². The number of hydrogen-bond acceptors (Lipinski definition) is 4. The van der Waals surface area contributed by atoms with Gasteiger partial charge in [0.1, 0.15) is 5.52 Å². The van der Waals surface area contributed by atoms with Crippen LogP contribution in [0.25, 0.3) is 11.1 Å². The van der Waals surface area contributed by atoms with Gasteiger partial charge in [0.25, 0.3) is 0 Å². The van der Waals surface area contributed by atoms with E-state index in [0.29, 0.717) is 16.1 Å². The molecule has 2 aromatic rings. The average Bonchev–Trinajstić information content (AvgIpc) is 2.59. The number of carbonyl (C=O) groups is 1. The first-order valence-corrected chi connectivity index (χ1v) is 5.06. The molecule has 0 bridgehead atoms. The van der Waals surface area contributed by atoms with Crippen LogP contribution < -0.4 is 5.32 Å². The van der Waals surface area contributed by atoms with Crippen LogP contribution in [-0.2, 0) is 4.74 Å². The third-order valence-corrected chi connectivity index (χ3v) is 2.07. The van der Waals surface area contributed by atoms with Crippen LogP contribution in [-0.4, -0.2) is 17.7 Å². The van der Waals surface area contributed by atoms with Gasteiger partial charge in [-0.25, -0.2) is 10.1 Å². The van der Waals surface area contributed by atoms with Crippen molar-refractivity contribution in [2.75, 3.05) is 11.9 Å². The summed E-state index contributed by atoms with van der Waals surface area (Å²) < 4.78 is 9.95. The Morgan fingerprint density at radius 3 is 3.19 bits per heavy atom. The van der Waals surface area contributed by atoms with Gasteiger partial charge in [-0.3, -0.25) is 0 Å². The highest BCUT2D eigenvalue weighted by Gasteiger charge is 2.09. The molecule has 84 valence electrons. The molecule has 1 amide bonds. The molecule has 0 aliphatic heterocycles. The van der Waals surface area contributed by atoms with E-state index in [0.717, 1.165) is 0 Å². The number of nitrogens with zero attached hydrogens (tertiary/aromatic N) is 1. The van der Waals surface area contributed by atoms with E-state index in [9.17, 15) is 4.79 Å². The minimum Gasteiger partial charge on any atom is -0.450 e. The van der Waals surface area contributed by atoms with Crippen LogP contribution in [0.2, 0.25) is 5.02 Å². The molecular weight excluding hydrogens is 232 g/mol. The number of benzene rings is 1. The predicted molar refractivity (Wildman–Crippen MR) is 59.7 cm³/mol. The Hall–Kier alpha value is -1.75. The molecular formula is C10H9ClN2O3. The van der Waals surface area contributed by atoms with Gasteiger partial charge >= 0.3 is 12.1 Å². The van der Waals surface area contributed by atoms with Crippen molar-refractivity contribution >= 4 is 34.8 Å². The number of aromatic nitrogens is 1. The quantitative estimate of drug-likeness (QED) is 0.876. The van der Waals surface area contributed by atoms with Crippen LogP contribution in [0.1, 0.15) is 6.92 Å². The molecule has 0 saturated carbocycles. The summed E-state index contributed by atoms with van der Waals surface area (Å²) in [6.45, 7) is 2.00. The van der Waals surface area contributed by atoms with Crippen molar-refractivity contribution in [2.24, 2.45) is 0 Å². The largest absolute Gasteiger partial charge is 0.450 e. The van der Waals surface area contributed by atoms with Crippen molar-refractivity contribution < 1.29 is 13.9 Å². The summed E-state index contributed by atoms with van der Waals surface area (Å²) in [5.74, 6) is 0. The first-order valence-electron chi connectivity index (χ1n) is 4.69. The van der Waals surface area contributed by atoms with Gasteiger partial charge in [-0.05, 0) is 25.1 Å². The van der Waals surface area contributed by atoms with Crippen LogP contribution in [0.5, 0.6) is 0 Å². The highest BCUT2D eigenvalue weighted by Crippen LogP contribution is 2.22. The van der Waals surface area contributed by atoms with E-state index in [-0.39, 0.29) is 12.6 Å². The zero-order valence-corrected chi connectivity index (χ0v) is 9.25. The normalized spacial score (nSPS) is 10.4. The predicted octanol–water partition coefficient (Wildman–Crippen LogP) is 3.05. The molecule has 6 heteroatoms. The number of hydrogen-bond donors (Lipinski definition) is 1. The first kappa shape index (κ1) is 10.8. The Morgan fingerprint density at radius 1 is 1.62 bits per heavy atom. The summed E-state index contributed by atoms with van der Waals surface area (Å²) >= 11 is 5.79. The van der Waals surface area contributed by atoms with Crippen molar-refractivity contribution in [3.8, 4) is 0 Å². The number of carbonyl (C=O) groups excluding carboxylic acids is 1. The minimum atomic E-state index is -0.597. The summed E-state index contributed by atoms with van der Waals surface area (Å²) in [4.78, 5) is 15.1. The minimum absolute atomic E-state index is 0.0933. The standard InChI is InChI=1S/C10H9ClN2O3/c1-2-15-10(14)13-9-12-7-5-6(11)3-4-8(7)16-9/h3-5H,2H2,1H3,(H,12,13,14). The van der Waals surface area contributed by atoms with Gasteiger partial charge in [-0.2, -0.15) is 4.98 Å². The number of ether oxygens (including phenoxy) is 1. The van der Waals surface area contributed by atoms with Crippen molar-refractivity contribution in [1.29, 1.82) is 0 Å². The maximum absolute atomic E-state index is 11.1. The van der Waals surface area contributed by atoms with E-state index in [2.05, 4.69) is 15.0 Å². The van der Waals surface area contributed by atoms with Gasteiger partial charge in [0.15, 0.2) is 5.58 Å². The Morgan fingerprint density at radius 2 is 2.44 bits per heavy atom. The van der Waals surface area contributed by atoms with Crippen LogP contribution >= 0.6 is 11.6 Å². The zero-order chi connectivity index (χ0) is 11.5. The molecule has 0 spiro atoms. The Bertz CT molecular complexity index is 524. The summed E-state index contributed by atoms with van der Waals surface area (Å²) in [5, 5.41) is 2.93. The molecule has 0 unspecified atom stereocenters. The molecule has 2 rings (SSSR count). The highest BCUT2D eigenvalue weighted by molar-refractivity contribution is 6.31. The fraction of sp³-hybridized carbons (Fsp3) is 0.200. The van der Waals surface area contributed by atoms with Crippen LogP contribution in [0.3, 0.4) is 0 Å². The van der Waals surface area contributed by atoms with Crippen molar-refractivity contribution in [3.63, 3.8) is 0 Å². The number of anilines is 1. The molecule has 0 aliphatic carbocycles. The highest BCUT2D eigenvalue weighted by atomic mass is 35.5. The number of halogens is 1. The Kier molecular flexibility index (Phi) is 2.96. The molecule has 5 nitrogen and oxygen atoms in total. The number of nitrogens with one attached hydrogen (secondary N) is 1. The van der Waals surface area contributed by atoms with Crippen LogP contribution in [0.4, 0.5) is 10.8 Å². The molecule has 0 saturated heterocycles. The van der Waals surface area contributed by atoms with E-state index in [1.165, 1.54) is 0 Å². The lowest BCUT2D eigenvalue weighted by atomic mass is 10.3. The SMILES string of the molecule is CCOC(=O)Nc1nc2cc(Cl)ccc2o1. The maximum Gasteiger partial charge on any atom is 0.415 e. The van der Waals surface area contributed by atoms with Crippen LogP contribution in [0.15, 0.2) is 22.6 Å². The number of oxazole rings is 1. The molecule has 1 aromatic heterocycles. The summed E-state index contributed by atoms with van der Waals surface area (Å²) in [5.41, 5.74) is 1.13. The number of amides is 1. The van der Waals surface area contributed by atoms with Crippen molar-refractivity contribution in [3.05, 3.63) is 23.2 Å². The second-order valence-electron chi connectivity index (χ2n) is 2.98. The second-order valence-corrected chi connectivity index (χ2v) is 3.41. The third-order valence-electron chi connectivity index (χ3n) is 1.83. The molecule has 0 atom stereocenters. The van der Waals surface area contributed by atoms with Crippen molar-refractivity contribution in [1.82, 2.24) is 4.98 Å². The third kappa shape index (κ3) is 2.25. The smallest absolute Gasteiger partial charge is 0.415 e. The topological polar surface area (TPSA) is 64.4 Å².